The van der Waals surface area contributed by atoms with Crippen molar-refractivity contribution in [3.8, 4) is 0 Å². The molecule has 0 nitrogen and oxygen atoms in total. The molecule has 0 unspecified atom stereocenters. The van der Waals surface area contributed by atoms with Crippen LogP contribution in [0, 0.1) is 0 Å². The maximum absolute atomic E-state index is 2.54. The molecule has 18 heavy (non-hydrogen) atoms. The molecule has 0 heterocycles. The van der Waals surface area contributed by atoms with E-state index < -0.39 is 20.1 Å². The van der Waals surface area contributed by atoms with Gasteiger partial charge in [-0.15, -0.1) is 24.8 Å². The van der Waals surface area contributed by atoms with Crippen LogP contribution in [0.3, 0.4) is 0 Å². The summed E-state index contributed by atoms with van der Waals surface area (Å²) in [5.41, 5.74) is 3.09. The first-order valence-electron chi connectivity index (χ1n) is 6.00. The van der Waals surface area contributed by atoms with Crippen molar-refractivity contribution in [1.29, 1.82) is 0 Å². The third-order valence-electron chi connectivity index (χ3n) is 3.43. The van der Waals surface area contributed by atoms with Gasteiger partial charge >= 0.3 is 107 Å². The molecule has 2 aliphatic carbocycles. The molecule has 0 spiro atoms. The summed E-state index contributed by atoms with van der Waals surface area (Å²) in [7, 11) is 0. The molecular weight excluding hydrogens is 446 g/mol. The van der Waals surface area contributed by atoms with E-state index in [1.165, 1.54) is 12.8 Å². The van der Waals surface area contributed by atoms with E-state index in [1.807, 2.05) is 6.66 Å². The first-order chi connectivity index (χ1) is 7.59. The van der Waals surface area contributed by atoms with Crippen LogP contribution in [0.4, 0.5) is 0 Å². The molecule has 4 heteroatoms. The van der Waals surface area contributed by atoms with Gasteiger partial charge in [-0.2, -0.15) is 0 Å². The van der Waals surface area contributed by atoms with Gasteiger partial charge in [-0.05, 0) is 0 Å². The summed E-state index contributed by atoms with van der Waals surface area (Å²) in [4.78, 5) is 0. The Morgan fingerprint density at radius 3 is 2.17 bits per heavy atom. The number of allylic oxidation sites excluding steroid dienone is 8. The van der Waals surface area contributed by atoms with Crippen LogP contribution in [-0.4, -0.2) is 5.49 Å². The van der Waals surface area contributed by atoms with Gasteiger partial charge in [0.1, 0.15) is 0 Å². The number of hydrogen-bond acceptors (Lipinski definition) is 0. The maximum atomic E-state index is 2.54. The molecule has 0 N–H and O–H groups in total. The van der Waals surface area contributed by atoms with Crippen LogP contribution in [0.2, 0.25) is 13.1 Å². The van der Waals surface area contributed by atoms with Crippen molar-refractivity contribution in [2.24, 2.45) is 0 Å². The van der Waals surface area contributed by atoms with Gasteiger partial charge in [0.25, 0.3) is 0 Å². The molecule has 0 aromatic carbocycles. The molecule has 0 amide bonds. The van der Waals surface area contributed by atoms with Gasteiger partial charge in [-0.25, -0.2) is 0 Å². The summed E-state index contributed by atoms with van der Waals surface area (Å²) in [5.74, 6) is 0. The summed E-state index contributed by atoms with van der Waals surface area (Å²) >= 11 is -1.58. The summed E-state index contributed by atoms with van der Waals surface area (Å²) in [6.07, 6.45) is 12.2. The van der Waals surface area contributed by atoms with E-state index in [0.717, 1.165) is 0 Å². The third kappa shape index (κ3) is 4.06. The van der Waals surface area contributed by atoms with E-state index >= 15 is 0 Å². The minimum Gasteiger partial charge on any atom is -0.147 e. The number of rotatable bonds is 2. The quantitative estimate of drug-likeness (QED) is 0.492. The Bertz CT molecular complexity index is 478. The molecule has 0 bridgehead atoms. The topological polar surface area (TPSA) is 0 Å². The predicted octanol–water partition coefficient (Wildman–Crippen LogP) is 5.17. The Labute approximate surface area is 131 Å². The predicted molar refractivity (Wildman–Crippen MR) is 84.9 cm³/mol. The molecule has 0 saturated heterocycles. The number of hydrogen-bond donors (Lipinski definition) is 0. The standard InChI is InChI=1S/C7H9.C5H5.C2H6Si.2ClH.Hf/c1-6-4-3-5-7(6)2;1-2-4-5-3-1;1-3-2;;;/h4H,5H2,1-2H3;1-3H,4H2;1-2H3;2*1H;. The molecule has 0 radical (unpaired) electrons. The zero-order valence-corrected chi connectivity index (χ0v) is 17.8. The van der Waals surface area contributed by atoms with Gasteiger partial charge in [-0.1, -0.05) is 0 Å². The second-order valence-corrected chi connectivity index (χ2v) is 29.2. The van der Waals surface area contributed by atoms with Gasteiger partial charge in [0.15, 0.2) is 0 Å². The molecule has 0 fully saturated rings. The van der Waals surface area contributed by atoms with Crippen molar-refractivity contribution in [3.63, 3.8) is 0 Å². The Morgan fingerprint density at radius 2 is 1.78 bits per heavy atom. The minimum absolute atomic E-state index is 0. The summed E-state index contributed by atoms with van der Waals surface area (Å²) < 4.78 is 3.74. The van der Waals surface area contributed by atoms with Crippen LogP contribution in [0.15, 0.2) is 42.1 Å². The van der Waals surface area contributed by atoms with E-state index in [1.54, 1.807) is 11.1 Å². The maximum Gasteiger partial charge on any atom is -0.147 e. The van der Waals surface area contributed by atoms with Gasteiger partial charge in [0.05, 0.1) is 0 Å². The molecule has 100 valence electrons. The summed E-state index contributed by atoms with van der Waals surface area (Å²) in [5, 5.41) is 0. The Hall–Kier alpha value is 0.627. The van der Waals surface area contributed by atoms with Crippen LogP contribution in [0.1, 0.15) is 26.7 Å². The van der Waals surface area contributed by atoms with Crippen molar-refractivity contribution in [2.75, 3.05) is 0 Å². The van der Waals surface area contributed by atoms with Gasteiger partial charge in [-0.3, -0.25) is 0 Å². The van der Waals surface area contributed by atoms with Gasteiger partial charge in [0, 0.05) is 0 Å². The fourth-order valence-corrected chi connectivity index (χ4v) is 26.9. The third-order valence-corrected chi connectivity index (χ3v) is 27.6. The Kier molecular flexibility index (Phi) is 8.31. The summed E-state index contributed by atoms with van der Waals surface area (Å²) in [6.45, 7) is 9.66. The molecular formula is C14H22Cl2HfSi. The van der Waals surface area contributed by atoms with E-state index in [4.69, 9.17) is 0 Å². The van der Waals surface area contributed by atoms with Crippen LogP contribution in [-0.2, 0) is 20.1 Å². The van der Waals surface area contributed by atoms with E-state index in [2.05, 4.69) is 51.2 Å². The number of halogens is 2. The Balaban J connectivity index is 0.00000144. The molecule has 2 aliphatic rings. The zero-order chi connectivity index (χ0) is 11.7. The van der Waals surface area contributed by atoms with E-state index in [0.29, 0.717) is 0 Å². The van der Waals surface area contributed by atoms with Crippen LogP contribution < -0.4 is 0 Å². The SMILES string of the molecule is CC1=C(C)C[C]([Hf]([C]2=CC=CC2)=[Si](C)C)=C1.Cl.Cl. The minimum atomic E-state index is -1.58. The normalized spacial score (nSPS) is 16.9. The molecule has 0 saturated carbocycles. The largest absolute Gasteiger partial charge is 0.147 e. The second kappa shape index (κ2) is 8.03. The molecule has 0 aromatic heterocycles. The fraction of sp³-hybridized carbons (Fsp3) is 0.429. The van der Waals surface area contributed by atoms with Gasteiger partial charge in [0.2, 0.25) is 0 Å². The van der Waals surface area contributed by atoms with E-state index in [9.17, 15) is 0 Å². The average molecular weight is 468 g/mol. The molecule has 0 aliphatic heterocycles. The van der Waals surface area contributed by atoms with Crippen LogP contribution in [0.25, 0.3) is 0 Å². The smallest absolute Gasteiger partial charge is 0.147 e. The average Bonchev–Trinajstić information content (AvgIpc) is 2.79. The van der Waals surface area contributed by atoms with Crippen molar-refractivity contribution in [3.05, 3.63) is 42.1 Å². The monoisotopic (exact) mass is 468 g/mol. The van der Waals surface area contributed by atoms with Crippen molar-refractivity contribution >= 4 is 30.3 Å². The van der Waals surface area contributed by atoms with Crippen molar-refractivity contribution < 1.29 is 20.1 Å². The summed E-state index contributed by atoms with van der Waals surface area (Å²) in [6, 6.07) is 0. The molecule has 2 rings (SSSR count). The van der Waals surface area contributed by atoms with E-state index in [-0.39, 0.29) is 30.3 Å². The second-order valence-electron chi connectivity index (χ2n) is 5.01. The Morgan fingerprint density at radius 1 is 1.11 bits per heavy atom. The van der Waals surface area contributed by atoms with Crippen LogP contribution >= 0.6 is 24.8 Å². The zero-order valence-electron chi connectivity index (χ0n) is 11.5. The van der Waals surface area contributed by atoms with Crippen LogP contribution in [0.5, 0.6) is 0 Å². The van der Waals surface area contributed by atoms with Crippen molar-refractivity contribution in [1.82, 2.24) is 0 Å². The first-order valence-corrected chi connectivity index (χ1v) is 17.5. The first kappa shape index (κ1) is 18.6. The fourth-order valence-electron chi connectivity index (χ4n) is 2.50. The molecule has 0 aromatic rings. The van der Waals surface area contributed by atoms with Crippen molar-refractivity contribution in [2.45, 2.75) is 39.8 Å². The van der Waals surface area contributed by atoms with Gasteiger partial charge < -0.3 is 0 Å². The molecule has 0 atom stereocenters.